The number of carbonyl (C=O) groups is 1. The quantitative estimate of drug-likeness (QED) is 0.714. The first-order valence-corrected chi connectivity index (χ1v) is 6.83. The third-order valence-electron chi connectivity index (χ3n) is 2.83. The first kappa shape index (κ1) is 12.7. The molecule has 3 aromatic rings. The third-order valence-corrected chi connectivity index (χ3v) is 3.85. The zero-order valence-corrected chi connectivity index (χ0v) is 11.6. The Labute approximate surface area is 118 Å². The van der Waals surface area contributed by atoms with Gasteiger partial charge in [0.15, 0.2) is 0 Å². The summed E-state index contributed by atoms with van der Waals surface area (Å²) in [4.78, 5) is 18.2. The topological polar surface area (TPSA) is 76.8 Å². The maximum Gasteiger partial charge on any atom is 0.244 e. The highest BCUT2D eigenvalue weighted by Crippen LogP contribution is 2.22. The van der Waals surface area contributed by atoms with Crippen LogP contribution in [0.1, 0.15) is 5.01 Å². The van der Waals surface area contributed by atoms with Crippen molar-refractivity contribution in [1.29, 1.82) is 0 Å². The van der Waals surface area contributed by atoms with Crippen LogP contribution in [0.4, 0.5) is 0 Å². The number of amides is 1. The summed E-state index contributed by atoms with van der Waals surface area (Å²) in [6.07, 6.45) is 1.42. The van der Waals surface area contributed by atoms with Gasteiger partial charge in [0.25, 0.3) is 0 Å². The number of benzene rings is 1. The van der Waals surface area contributed by atoms with Crippen molar-refractivity contribution in [1.82, 2.24) is 30.1 Å². The van der Waals surface area contributed by atoms with E-state index in [4.69, 9.17) is 0 Å². The highest BCUT2D eigenvalue weighted by Gasteiger charge is 2.13. The molecule has 2 aromatic heterocycles. The molecule has 102 valence electrons. The van der Waals surface area contributed by atoms with Gasteiger partial charge in [-0.1, -0.05) is 12.1 Å². The molecule has 0 unspecified atom stereocenters. The fourth-order valence-corrected chi connectivity index (χ4v) is 2.81. The Kier molecular flexibility index (Phi) is 3.38. The van der Waals surface area contributed by atoms with Crippen LogP contribution in [-0.4, -0.2) is 43.0 Å². The van der Waals surface area contributed by atoms with Gasteiger partial charge in [0.05, 0.1) is 16.8 Å². The van der Waals surface area contributed by atoms with Gasteiger partial charge in [0.1, 0.15) is 17.9 Å². The predicted octanol–water partition coefficient (Wildman–Crippen LogP) is 0.941. The second-order valence-electron chi connectivity index (χ2n) is 4.33. The molecule has 3 rings (SSSR count). The molecule has 0 saturated carbocycles. The number of nitrogens with zero attached hydrogens (tertiary/aromatic N) is 6. The molecule has 0 aliphatic rings. The highest BCUT2D eigenvalue weighted by molar-refractivity contribution is 7.18. The van der Waals surface area contributed by atoms with Gasteiger partial charge >= 0.3 is 0 Å². The molecule has 0 fully saturated rings. The first-order valence-electron chi connectivity index (χ1n) is 6.01. The molecule has 0 saturated heterocycles. The van der Waals surface area contributed by atoms with Crippen LogP contribution in [0.3, 0.4) is 0 Å². The van der Waals surface area contributed by atoms with Gasteiger partial charge in [0.2, 0.25) is 5.91 Å². The van der Waals surface area contributed by atoms with Gasteiger partial charge < -0.3 is 4.90 Å². The summed E-state index contributed by atoms with van der Waals surface area (Å²) in [6, 6.07) is 7.94. The van der Waals surface area contributed by atoms with Gasteiger partial charge in [0, 0.05) is 7.05 Å². The second kappa shape index (κ2) is 5.33. The molecular formula is C12H12N6OS. The Balaban J connectivity index is 1.68. The average Bonchev–Trinajstić information content (AvgIpc) is 3.06. The molecule has 2 heterocycles. The summed E-state index contributed by atoms with van der Waals surface area (Å²) >= 11 is 1.60. The Morgan fingerprint density at radius 1 is 1.40 bits per heavy atom. The van der Waals surface area contributed by atoms with Crippen LogP contribution in [0, 0.1) is 0 Å². The minimum absolute atomic E-state index is 0.0587. The number of tetrazole rings is 1. The van der Waals surface area contributed by atoms with Crippen molar-refractivity contribution in [3.8, 4) is 0 Å². The molecule has 0 atom stereocenters. The molecule has 1 amide bonds. The number of thiazole rings is 1. The molecular weight excluding hydrogens is 276 g/mol. The van der Waals surface area contributed by atoms with Crippen LogP contribution in [0.5, 0.6) is 0 Å². The average molecular weight is 288 g/mol. The van der Waals surface area contributed by atoms with Crippen LogP contribution in [0.15, 0.2) is 30.6 Å². The van der Waals surface area contributed by atoms with E-state index in [1.807, 2.05) is 24.3 Å². The number of rotatable bonds is 4. The summed E-state index contributed by atoms with van der Waals surface area (Å²) < 4.78 is 2.53. The van der Waals surface area contributed by atoms with E-state index in [1.165, 1.54) is 11.0 Å². The normalized spacial score (nSPS) is 10.8. The SMILES string of the molecule is CN(Cc1nc2ccccc2s1)C(=O)Cn1cnnn1. The van der Waals surface area contributed by atoms with Gasteiger partial charge in [-0.3, -0.25) is 4.79 Å². The number of para-hydroxylation sites is 1. The number of carbonyl (C=O) groups excluding carboxylic acids is 1. The predicted molar refractivity (Wildman–Crippen MR) is 73.9 cm³/mol. The lowest BCUT2D eigenvalue weighted by Crippen LogP contribution is -2.29. The lowest BCUT2D eigenvalue weighted by atomic mass is 10.3. The van der Waals surface area contributed by atoms with E-state index in [2.05, 4.69) is 20.5 Å². The fraction of sp³-hybridized carbons (Fsp3) is 0.250. The van der Waals surface area contributed by atoms with E-state index in [1.54, 1.807) is 23.3 Å². The van der Waals surface area contributed by atoms with Gasteiger partial charge in [-0.15, -0.1) is 16.4 Å². The van der Waals surface area contributed by atoms with E-state index < -0.39 is 0 Å². The van der Waals surface area contributed by atoms with Crippen LogP contribution >= 0.6 is 11.3 Å². The number of aromatic nitrogens is 5. The Bertz CT molecular complexity index is 689. The molecule has 0 bridgehead atoms. The van der Waals surface area contributed by atoms with Crippen molar-refractivity contribution in [3.63, 3.8) is 0 Å². The van der Waals surface area contributed by atoms with E-state index in [9.17, 15) is 4.79 Å². The Hall–Kier alpha value is -2.35. The molecule has 7 nitrogen and oxygen atoms in total. The summed E-state index contributed by atoms with van der Waals surface area (Å²) in [6.45, 7) is 0.620. The zero-order chi connectivity index (χ0) is 13.9. The van der Waals surface area contributed by atoms with Crippen LogP contribution in [0.25, 0.3) is 10.2 Å². The monoisotopic (exact) mass is 288 g/mol. The van der Waals surface area contributed by atoms with Crippen molar-refractivity contribution in [2.45, 2.75) is 13.1 Å². The van der Waals surface area contributed by atoms with Crippen molar-refractivity contribution >= 4 is 27.5 Å². The summed E-state index contributed by atoms with van der Waals surface area (Å²) in [5.74, 6) is -0.0587. The highest BCUT2D eigenvalue weighted by atomic mass is 32.1. The number of fused-ring (bicyclic) bond motifs is 1. The number of hydrogen-bond acceptors (Lipinski definition) is 6. The Morgan fingerprint density at radius 2 is 2.25 bits per heavy atom. The molecule has 0 N–H and O–H groups in total. The van der Waals surface area contributed by atoms with E-state index >= 15 is 0 Å². The number of likely N-dealkylation sites (N-methyl/N-ethyl adjacent to an activating group) is 1. The summed E-state index contributed by atoms with van der Waals surface area (Å²) in [5, 5.41) is 11.6. The van der Waals surface area contributed by atoms with Crippen LogP contribution in [0.2, 0.25) is 0 Å². The summed E-state index contributed by atoms with van der Waals surface area (Å²) in [5.41, 5.74) is 0.967. The minimum Gasteiger partial charge on any atom is -0.337 e. The van der Waals surface area contributed by atoms with Gasteiger partial charge in [-0.2, -0.15) is 0 Å². The summed E-state index contributed by atoms with van der Waals surface area (Å²) in [7, 11) is 1.75. The van der Waals surface area contributed by atoms with Gasteiger partial charge in [-0.05, 0) is 22.6 Å². The molecule has 1 aromatic carbocycles. The first-order chi connectivity index (χ1) is 9.72. The van der Waals surface area contributed by atoms with E-state index in [-0.39, 0.29) is 12.5 Å². The molecule has 20 heavy (non-hydrogen) atoms. The smallest absolute Gasteiger partial charge is 0.244 e. The van der Waals surface area contributed by atoms with Crippen molar-refractivity contribution < 1.29 is 4.79 Å². The fourth-order valence-electron chi connectivity index (χ4n) is 1.79. The molecule has 0 aliphatic carbocycles. The molecule has 0 spiro atoms. The van der Waals surface area contributed by atoms with Crippen molar-refractivity contribution in [2.24, 2.45) is 0 Å². The van der Waals surface area contributed by atoms with Crippen LogP contribution in [-0.2, 0) is 17.9 Å². The second-order valence-corrected chi connectivity index (χ2v) is 5.45. The lowest BCUT2D eigenvalue weighted by molar-refractivity contribution is -0.131. The van der Waals surface area contributed by atoms with E-state index in [0.29, 0.717) is 6.54 Å². The number of hydrogen-bond donors (Lipinski definition) is 0. The molecule has 0 radical (unpaired) electrons. The van der Waals surface area contributed by atoms with Crippen molar-refractivity contribution in [3.05, 3.63) is 35.6 Å². The minimum atomic E-state index is -0.0587. The third kappa shape index (κ3) is 2.64. The van der Waals surface area contributed by atoms with E-state index in [0.717, 1.165) is 15.2 Å². The lowest BCUT2D eigenvalue weighted by Gasteiger charge is -2.14. The maximum absolute atomic E-state index is 12.0. The maximum atomic E-state index is 12.0. The Morgan fingerprint density at radius 3 is 3.00 bits per heavy atom. The van der Waals surface area contributed by atoms with Gasteiger partial charge in [-0.25, -0.2) is 9.67 Å². The standard InChI is InChI=1S/C12H12N6OS/c1-17(12(19)7-18-8-13-15-16-18)6-11-14-9-4-2-3-5-10(9)20-11/h2-5,8H,6-7H2,1H3. The van der Waals surface area contributed by atoms with Crippen LogP contribution < -0.4 is 0 Å². The largest absolute Gasteiger partial charge is 0.337 e. The molecule has 8 heteroatoms. The zero-order valence-electron chi connectivity index (χ0n) is 10.8. The van der Waals surface area contributed by atoms with Crippen molar-refractivity contribution in [2.75, 3.05) is 7.05 Å². The molecule has 0 aliphatic heterocycles.